The van der Waals surface area contributed by atoms with Crippen LogP contribution in [0.5, 0.6) is 0 Å². The molecule has 1 heteroatoms. The summed E-state index contributed by atoms with van der Waals surface area (Å²) < 4.78 is 0. The number of Topliss-reactive ketones (excluding diaryl/α,β-unsaturated/α-hetero) is 1. The summed E-state index contributed by atoms with van der Waals surface area (Å²) in [6.45, 7) is 4.07. The van der Waals surface area contributed by atoms with Gasteiger partial charge in [-0.25, -0.2) is 0 Å². The van der Waals surface area contributed by atoms with Crippen molar-refractivity contribution in [1.82, 2.24) is 0 Å². The fourth-order valence-electron chi connectivity index (χ4n) is 4.74. The van der Waals surface area contributed by atoms with Crippen LogP contribution in [0.25, 0.3) is 0 Å². The molecule has 78 valence electrons. The van der Waals surface area contributed by atoms with E-state index in [2.05, 4.69) is 6.92 Å². The van der Waals surface area contributed by atoms with Gasteiger partial charge in [-0.3, -0.25) is 4.79 Å². The first-order chi connectivity index (χ1) is 6.60. The fourth-order valence-corrected chi connectivity index (χ4v) is 4.74. The quantitative estimate of drug-likeness (QED) is 0.624. The molecule has 0 spiro atoms. The number of carbonyl (C=O) groups is 1. The minimum absolute atomic E-state index is 0.0629. The minimum atomic E-state index is 0.0629. The van der Waals surface area contributed by atoms with E-state index in [1.807, 2.05) is 6.92 Å². The summed E-state index contributed by atoms with van der Waals surface area (Å²) in [5.41, 5.74) is 0.0629. The van der Waals surface area contributed by atoms with Gasteiger partial charge in [0.1, 0.15) is 5.78 Å². The molecule has 1 nitrogen and oxygen atoms in total. The molecule has 0 N–H and O–H groups in total. The molecule has 0 saturated heterocycles. The van der Waals surface area contributed by atoms with Crippen molar-refractivity contribution in [3.63, 3.8) is 0 Å². The Morgan fingerprint density at radius 2 is 1.43 bits per heavy atom. The van der Waals surface area contributed by atoms with E-state index < -0.39 is 0 Å². The summed E-state index contributed by atoms with van der Waals surface area (Å²) in [5.74, 6) is 3.88. The second-order valence-electron chi connectivity index (χ2n) is 6.14. The van der Waals surface area contributed by atoms with E-state index >= 15 is 0 Å². The number of hydrogen-bond acceptors (Lipinski definition) is 1. The van der Waals surface area contributed by atoms with Crippen LogP contribution in [0.15, 0.2) is 0 Å². The van der Waals surface area contributed by atoms with E-state index in [1.165, 1.54) is 32.1 Å². The third-order valence-corrected chi connectivity index (χ3v) is 5.59. The molecule has 0 heterocycles. The maximum atomic E-state index is 11.9. The first-order valence-electron chi connectivity index (χ1n) is 6.11. The van der Waals surface area contributed by atoms with Crippen molar-refractivity contribution in [3.05, 3.63) is 0 Å². The second kappa shape index (κ2) is 2.62. The molecule has 14 heavy (non-hydrogen) atoms. The van der Waals surface area contributed by atoms with Gasteiger partial charge < -0.3 is 0 Å². The van der Waals surface area contributed by atoms with E-state index in [0.717, 1.165) is 23.7 Å². The van der Waals surface area contributed by atoms with Crippen LogP contribution in [-0.4, -0.2) is 5.78 Å². The maximum absolute atomic E-state index is 11.9. The van der Waals surface area contributed by atoms with Crippen LogP contribution >= 0.6 is 0 Å². The minimum Gasteiger partial charge on any atom is -0.299 e. The van der Waals surface area contributed by atoms with Crippen molar-refractivity contribution in [2.45, 2.75) is 46.0 Å². The standard InChI is InChI=1S/C13H20O/c1-8(14)13(2)11-4-9-3-10(6-11)7-12(13)5-9/h9-12H,3-7H2,1-2H3. The van der Waals surface area contributed by atoms with Crippen LogP contribution < -0.4 is 0 Å². The van der Waals surface area contributed by atoms with Gasteiger partial charge in [0.25, 0.3) is 0 Å². The van der Waals surface area contributed by atoms with Gasteiger partial charge in [0, 0.05) is 5.41 Å². The average molecular weight is 192 g/mol. The summed E-state index contributed by atoms with van der Waals surface area (Å²) in [5, 5.41) is 0. The summed E-state index contributed by atoms with van der Waals surface area (Å²) in [6.07, 6.45) is 6.87. The zero-order chi connectivity index (χ0) is 9.92. The Labute approximate surface area is 86.3 Å². The molecule has 4 bridgehead atoms. The molecule has 0 aromatic rings. The van der Waals surface area contributed by atoms with Gasteiger partial charge in [0.15, 0.2) is 0 Å². The molecule has 4 rings (SSSR count). The first-order valence-corrected chi connectivity index (χ1v) is 6.11. The topological polar surface area (TPSA) is 17.1 Å². The van der Waals surface area contributed by atoms with Crippen LogP contribution in [0.3, 0.4) is 0 Å². The molecule has 4 saturated carbocycles. The zero-order valence-electron chi connectivity index (χ0n) is 9.25. The van der Waals surface area contributed by atoms with E-state index in [-0.39, 0.29) is 5.41 Å². The lowest BCUT2D eigenvalue weighted by Gasteiger charge is -2.59. The maximum Gasteiger partial charge on any atom is 0.136 e. The Bertz CT molecular complexity index is 251. The summed E-state index contributed by atoms with van der Waals surface area (Å²) in [4.78, 5) is 11.9. The fraction of sp³-hybridized carbons (Fsp3) is 0.923. The summed E-state index contributed by atoms with van der Waals surface area (Å²) >= 11 is 0. The highest BCUT2D eigenvalue weighted by atomic mass is 16.1. The van der Waals surface area contributed by atoms with Gasteiger partial charge in [-0.2, -0.15) is 0 Å². The molecule has 0 unspecified atom stereocenters. The molecule has 0 amide bonds. The molecule has 4 aliphatic carbocycles. The van der Waals surface area contributed by atoms with Crippen molar-refractivity contribution in [2.24, 2.45) is 29.1 Å². The Balaban J connectivity index is 1.98. The number of hydrogen-bond donors (Lipinski definition) is 0. The van der Waals surface area contributed by atoms with E-state index in [4.69, 9.17) is 0 Å². The Morgan fingerprint density at radius 1 is 1.00 bits per heavy atom. The lowest BCUT2D eigenvalue weighted by molar-refractivity contribution is -0.151. The Morgan fingerprint density at radius 3 is 1.79 bits per heavy atom. The molecule has 0 atom stereocenters. The van der Waals surface area contributed by atoms with E-state index in [9.17, 15) is 4.79 Å². The third-order valence-electron chi connectivity index (χ3n) is 5.59. The highest BCUT2D eigenvalue weighted by molar-refractivity contribution is 5.83. The van der Waals surface area contributed by atoms with Crippen LogP contribution in [0.1, 0.15) is 46.0 Å². The molecule has 4 aliphatic rings. The first kappa shape index (κ1) is 8.94. The van der Waals surface area contributed by atoms with Gasteiger partial charge in [0.2, 0.25) is 0 Å². The molecule has 0 radical (unpaired) electrons. The van der Waals surface area contributed by atoms with Gasteiger partial charge in [-0.1, -0.05) is 6.92 Å². The average Bonchev–Trinajstić information content (AvgIpc) is 2.12. The van der Waals surface area contributed by atoms with Gasteiger partial charge in [0.05, 0.1) is 0 Å². The van der Waals surface area contributed by atoms with Gasteiger partial charge in [-0.05, 0) is 62.7 Å². The highest BCUT2D eigenvalue weighted by Crippen LogP contribution is 2.62. The third kappa shape index (κ3) is 0.936. The number of rotatable bonds is 1. The van der Waals surface area contributed by atoms with Crippen molar-refractivity contribution in [2.75, 3.05) is 0 Å². The molecule has 4 fully saturated rings. The summed E-state index contributed by atoms with van der Waals surface area (Å²) in [6, 6.07) is 0. The predicted octanol–water partition coefficient (Wildman–Crippen LogP) is 3.04. The predicted molar refractivity (Wildman–Crippen MR) is 55.8 cm³/mol. The van der Waals surface area contributed by atoms with Crippen molar-refractivity contribution in [3.8, 4) is 0 Å². The molecular formula is C13H20O. The van der Waals surface area contributed by atoms with Crippen molar-refractivity contribution >= 4 is 5.78 Å². The second-order valence-corrected chi connectivity index (χ2v) is 6.14. The molecule has 0 aliphatic heterocycles. The van der Waals surface area contributed by atoms with E-state index in [1.54, 1.807) is 0 Å². The molecule has 0 aromatic heterocycles. The summed E-state index contributed by atoms with van der Waals surface area (Å²) in [7, 11) is 0. The number of ketones is 1. The lowest BCUT2D eigenvalue weighted by atomic mass is 9.45. The molecular weight excluding hydrogens is 172 g/mol. The van der Waals surface area contributed by atoms with Gasteiger partial charge >= 0.3 is 0 Å². The van der Waals surface area contributed by atoms with Crippen LogP contribution in [0.2, 0.25) is 0 Å². The van der Waals surface area contributed by atoms with Crippen LogP contribution in [0, 0.1) is 29.1 Å². The van der Waals surface area contributed by atoms with Crippen LogP contribution in [-0.2, 0) is 4.79 Å². The molecule has 0 aromatic carbocycles. The van der Waals surface area contributed by atoms with Crippen molar-refractivity contribution in [1.29, 1.82) is 0 Å². The smallest absolute Gasteiger partial charge is 0.136 e. The monoisotopic (exact) mass is 192 g/mol. The Kier molecular flexibility index (Phi) is 1.67. The zero-order valence-corrected chi connectivity index (χ0v) is 9.25. The SMILES string of the molecule is CC(=O)C1(C)C2CC3CC(C2)CC1C3. The van der Waals surface area contributed by atoms with Crippen molar-refractivity contribution < 1.29 is 4.79 Å². The lowest BCUT2D eigenvalue weighted by Crippen LogP contribution is -2.54. The Hall–Kier alpha value is -0.330. The van der Waals surface area contributed by atoms with Gasteiger partial charge in [-0.15, -0.1) is 0 Å². The largest absolute Gasteiger partial charge is 0.299 e. The highest BCUT2D eigenvalue weighted by Gasteiger charge is 2.56. The normalized spacial score (nSPS) is 55.0. The van der Waals surface area contributed by atoms with E-state index in [0.29, 0.717) is 5.78 Å². The number of carbonyl (C=O) groups excluding carboxylic acids is 1. The van der Waals surface area contributed by atoms with Crippen LogP contribution in [0.4, 0.5) is 0 Å².